The molecule has 5 nitrogen and oxygen atoms in total. The van der Waals surface area contributed by atoms with Gasteiger partial charge in [0.05, 0.1) is 10.7 Å². The summed E-state index contributed by atoms with van der Waals surface area (Å²) < 4.78 is 1.55. The van der Waals surface area contributed by atoms with E-state index in [1.54, 1.807) is 23.5 Å². The van der Waals surface area contributed by atoms with E-state index in [1.807, 2.05) is 48.5 Å². The molecule has 3 aromatic rings. The molecule has 0 atom stereocenters. The van der Waals surface area contributed by atoms with Crippen molar-refractivity contribution in [1.29, 1.82) is 0 Å². The van der Waals surface area contributed by atoms with Gasteiger partial charge in [-0.3, -0.25) is 0 Å². The predicted molar refractivity (Wildman–Crippen MR) is 90.9 cm³/mol. The standard InChI is InChI=1S/C15H14ClN5S/c1-18-15-19-14(17)21(20-15)10-7-8-13(12(16)9-10)22-11-5-3-2-4-6-11/h2-9H,1H3,(H3,17,18,19,20). The van der Waals surface area contributed by atoms with Crippen LogP contribution in [0.15, 0.2) is 58.3 Å². The van der Waals surface area contributed by atoms with Crippen molar-refractivity contribution in [3.63, 3.8) is 0 Å². The maximum atomic E-state index is 6.38. The van der Waals surface area contributed by atoms with Gasteiger partial charge in [-0.1, -0.05) is 41.6 Å². The zero-order valence-corrected chi connectivity index (χ0v) is 13.4. The molecule has 0 bridgehead atoms. The fourth-order valence-electron chi connectivity index (χ4n) is 1.94. The summed E-state index contributed by atoms with van der Waals surface area (Å²) in [5.41, 5.74) is 6.63. The molecule has 0 spiro atoms. The maximum Gasteiger partial charge on any atom is 0.244 e. The van der Waals surface area contributed by atoms with Gasteiger partial charge < -0.3 is 11.1 Å². The molecule has 0 fully saturated rings. The van der Waals surface area contributed by atoms with Gasteiger partial charge in [0.2, 0.25) is 11.9 Å². The summed E-state index contributed by atoms with van der Waals surface area (Å²) in [6, 6.07) is 15.8. The first-order chi connectivity index (χ1) is 10.7. The van der Waals surface area contributed by atoms with E-state index in [4.69, 9.17) is 17.3 Å². The van der Waals surface area contributed by atoms with E-state index in [9.17, 15) is 0 Å². The van der Waals surface area contributed by atoms with Gasteiger partial charge in [0.15, 0.2) is 0 Å². The lowest BCUT2D eigenvalue weighted by molar-refractivity contribution is 0.891. The van der Waals surface area contributed by atoms with Gasteiger partial charge in [-0.15, -0.1) is 5.10 Å². The zero-order chi connectivity index (χ0) is 15.5. The minimum atomic E-state index is 0.309. The molecule has 0 radical (unpaired) electrons. The van der Waals surface area contributed by atoms with Crippen LogP contribution in [0.3, 0.4) is 0 Å². The molecule has 0 amide bonds. The summed E-state index contributed by atoms with van der Waals surface area (Å²) >= 11 is 7.99. The highest BCUT2D eigenvalue weighted by Crippen LogP contribution is 2.34. The van der Waals surface area contributed by atoms with E-state index in [0.29, 0.717) is 16.9 Å². The summed E-state index contributed by atoms with van der Waals surface area (Å²) in [6.07, 6.45) is 0. The molecule has 0 saturated heterocycles. The van der Waals surface area contributed by atoms with Crippen LogP contribution in [-0.2, 0) is 0 Å². The first kappa shape index (κ1) is 14.7. The van der Waals surface area contributed by atoms with Crippen LogP contribution in [0.25, 0.3) is 5.69 Å². The molecule has 2 aromatic carbocycles. The summed E-state index contributed by atoms with van der Waals surface area (Å²) in [4.78, 5) is 6.21. The fraction of sp³-hybridized carbons (Fsp3) is 0.0667. The number of nitrogen functional groups attached to an aromatic ring is 1. The Bertz CT molecular complexity index is 788. The third kappa shape index (κ3) is 3.03. The van der Waals surface area contributed by atoms with Crippen LogP contribution in [-0.4, -0.2) is 21.8 Å². The molecule has 1 aromatic heterocycles. The van der Waals surface area contributed by atoms with Crippen LogP contribution in [0.4, 0.5) is 11.9 Å². The predicted octanol–water partition coefficient (Wildman–Crippen LogP) is 3.70. The van der Waals surface area contributed by atoms with E-state index in [0.717, 1.165) is 15.5 Å². The van der Waals surface area contributed by atoms with Crippen molar-refractivity contribution in [3.05, 3.63) is 53.6 Å². The summed E-state index contributed by atoms with van der Waals surface area (Å²) in [6.45, 7) is 0. The molecule has 0 aliphatic rings. The fourth-order valence-corrected chi connectivity index (χ4v) is 3.07. The molecule has 22 heavy (non-hydrogen) atoms. The van der Waals surface area contributed by atoms with Crippen molar-refractivity contribution < 1.29 is 0 Å². The van der Waals surface area contributed by atoms with E-state index < -0.39 is 0 Å². The number of rotatable bonds is 4. The van der Waals surface area contributed by atoms with Crippen LogP contribution in [0.5, 0.6) is 0 Å². The lowest BCUT2D eigenvalue weighted by Gasteiger charge is -2.07. The Kier molecular flexibility index (Phi) is 4.22. The number of aromatic nitrogens is 3. The van der Waals surface area contributed by atoms with Gasteiger partial charge in [0.1, 0.15) is 0 Å². The summed E-state index contributed by atoms with van der Waals surface area (Å²) in [7, 11) is 1.74. The smallest absolute Gasteiger partial charge is 0.244 e. The molecule has 0 aliphatic heterocycles. The second kappa shape index (κ2) is 6.29. The number of nitrogens with zero attached hydrogens (tertiary/aromatic N) is 3. The molecule has 112 valence electrons. The lowest BCUT2D eigenvalue weighted by Crippen LogP contribution is -2.02. The van der Waals surface area contributed by atoms with Crippen molar-refractivity contribution in [1.82, 2.24) is 14.8 Å². The topological polar surface area (TPSA) is 68.8 Å². The number of anilines is 2. The molecule has 3 N–H and O–H groups in total. The quantitative estimate of drug-likeness (QED) is 0.763. The third-order valence-corrected chi connectivity index (χ3v) is 4.50. The average Bonchev–Trinajstić information content (AvgIpc) is 2.91. The van der Waals surface area contributed by atoms with Crippen LogP contribution in [0.1, 0.15) is 0 Å². The normalized spacial score (nSPS) is 10.6. The van der Waals surface area contributed by atoms with E-state index in [2.05, 4.69) is 15.4 Å². The summed E-state index contributed by atoms with van der Waals surface area (Å²) in [5, 5.41) is 7.76. The average molecular weight is 332 g/mol. The van der Waals surface area contributed by atoms with E-state index >= 15 is 0 Å². The van der Waals surface area contributed by atoms with Gasteiger partial charge >= 0.3 is 0 Å². The molecular weight excluding hydrogens is 318 g/mol. The first-order valence-corrected chi connectivity index (χ1v) is 7.80. The van der Waals surface area contributed by atoms with Gasteiger partial charge in [0, 0.05) is 16.8 Å². The highest BCUT2D eigenvalue weighted by Gasteiger charge is 2.10. The highest BCUT2D eigenvalue weighted by atomic mass is 35.5. The monoisotopic (exact) mass is 331 g/mol. The van der Waals surface area contributed by atoms with Crippen molar-refractivity contribution >= 4 is 35.3 Å². The van der Waals surface area contributed by atoms with Crippen LogP contribution < -0.4 is 11.1 Å². The zero-order valence-electron chi connectivity index (χ0n) is 11.8. The Morgan fingerprint density at radius 2 is 1.95 bits per heavy atom. The Balaban J connectivity index is 1.90. The first-order valence-electron chi connectivity index (χ1n) is 6.60. The Hall–Kier alpha value is -2.18. The number of nitrogens with one attached hydrogen (secondary N) is 1. The van der Waals surface area contributed by atoms with Crippen molar-refractivity contribution in [2.75, 3.05) is 18.1 Å². The third-order valence-electron chi connectivity index (χ3n) is 2.99. The molecule has 0 aliphatic carbocycles. The molecule has 3 rings (SSSR count). The second-order valence-corrected chi connectivity index (χ2v) is 6.01. The van der Waals surface area contributed by atoms with Crippen LogP contribution in [0, 0.1) is 0 Å². The van der Waals surface area contributed by atoms with Crippen molar-refractivity contribution in [2.45, 2.75) is 9.79 Å². The van der Waals surface area contributed by atoms with Gasteiger partial charge in [0.25, 0.3) is 0 Å². The van der Waals surface area contributed by atoms with E-state index in [1.165, 1.54) is 0 Å². The van der Waals surface area contributed by atoms with Gasteiger partial charge in [-0.25, -0.2) is 0 Å². The van der Waals surface area contributed by atoms with Gasteiger partial charge in [-0.05, 0) is 30.3 Å². The second-order valence-electron chi connectivity index (χ2n) is 4.49. The minimum Gasteiger partial charge on any atom is -0.368 e. The van der Waals surface area contributed by atoms with Crippen LogP contribution in [0.2, 0.25) is 5.02 Å². The molecule has 0 saturated carbocycles. The molecule has 0 unspecified atom stereocenters. The number of halogens is 1. The maximum absolute atomic E-state index is 6.38. The van der Waals surface area contributed by atoms with Crippen molar-refractivity contribution in [2.24, 2.45) is 0 Å². The highest BCUT2D eigenvalue weighted by molar-refractivity contribution is 7.99. The largest absolute Gasteiger partial charge is 0.368 e. The number of nitrogens with two attached hydrogens (primary N) is 1. The lowest BCUT2D eigenvalue weighted by atomic mass is 10.3. The number of hydrogen-bond donors (Lipinski definition) is 2. The Morgan fingerprint density at radius 1 is 1.18 bits per heavy atom. The Morgan fingerprint density at radius 3 is 2.59 bits per heavy atom. The van der Waals surface area contributed by atoms with Crippen molar-refractivity contribution in [3.8, 4) is 5.69 Å². The van der Waals surface area contributed by atoms with E-state index in [-0.39, 0.29) is 0 Å². The number of hydrogen-bond acceptors (Lipinski definition) is 5. The van der Waals surface area contributed by atoms with Gasteiger partial charge in [-0.2, -0.15) is 9.67 Å². The number of benzene rings is 2. The minimum absolute atomic E-state index is 0.309. The SMILES string of the molecule is CNc1nc(N)n(-c2ccc(Sc3ccccc3)c(Cl)c2)n1. The molecular formula is C15H14ClN5S. The molecule has 1 heterocycles. The van der Waals surface area contributed by atoms with Crippen LogP contribution >= 0.6 is 23.4 Å². The molecule has 7 heteroatoms. The Labute approximate surface area is 137 Å². The summed E-state index contributed by atoms with van der Waals surface area (Å²) in [5.74, 6) is 0.778.